The molecule has 0 atom stereocenters. The highest BCUT2D eigenvalue weighted by molar-refractivity contribution is 5.90. The van der Waals surface area contributed by atoms with Crippen molar-refractivity contribution in [3.63, 3.8) is 0 Å². The van der Waals surface area contributed by atoms with Gasteiger partial charge in [-0.15, -0.1) is 0 Å². The molecular formula is C19H30N2O3. The van der Waals surface area contributed by atoms with Crippen molar-refractivity contribution >= 4 is 11.9 Å². The van der Waals surface area contributed by atoms with Crippen LogP contribution in [0.4, 0.5) is 0 Å². The Bertz CT molecular complexity index is 586. The van der Waals surface area contributed by atoms with Gasteiger partial charge < -0.3 is 14.6 Å². The van der Waals surface area contributed by atoms with Gasteiger partial charge >= 0.3 is 5.97 Å². The highest BCUT2D eigenvalue weighted by Crippen LogP contribution is 2.27. The van der Waals surface area contributed by atoms with Gasteiger partial charge in [-0.1, -0.05) is 26.2 Å². The van der Waals surface area contributed by atoms with Crippen LogP contribution < -0.4 is 0 Å². The van der Waals surface area contributed by atoms with E-state index in [0.29, 0.717) is 31.3 Å². The second-order valence-electron chi connectivity index (χ2n) is 6.62. The van der Waals surface area contributed by atoms with Crippen LogP contribution in [0, 0.1) is 13.8 Å². The summed E-state index contributed by atoms with van der Waals surface area (Å²) in [6.07, 6.45) is 6.33. The summed E-state index contributed by atoms with van der Waals surface area (Å²) in [7, 11) is 0. The van der Waals surface area contributed by atoms with Crippen molar-refractivity contribution < 1.29 is 14.3 Å². The average Bonchev–Trinajstić information content (AvgIpc) is 2.87. The third-order valence-electron chi connectivity index (χ3n) is 5.04. The SMILES string of the molecule is CCOC(=O)c1[nH]c(C)c(CN(C(=O)CC)C2CCCCC2)c1C. The Morgan fingerprint density at radius 1 is 1.17 bits per heavy atom. The summed E-state index contributed by atoms with van der Waals surface area (Å²) in [5, 5.41) is 0. The monoisotopic (exact) mass is 334 g/mol. The maximum absolute atomic E-state index is 12.5. The summed E-state index contributed by atoms with van der Waals surface area (Å²) in [5.74, 6) is -0.130. The number of nitrogens with zero attached hydrogens (tertiary/aromatic N) is 1. The molecule has 1 heterocycles. The van der Waals surface area contributed by atoms with Crippen molar-refractivity contribution in [1.82, 2.24) is 9.88 Å². The molecule has 2 rings (SSSR count). The topological polar surface area (TPSA) is 62.4 Å². The molecular weight excluding hydrogens is 304 g/mol. The molecule has 1 fully saturated rings. The number of aromatic amines is 1. The first kappa shape index (κ1) is 18.6. The van der Waals surface area contributed by atoms with Gasteiger partial charge in [-0.3, -0.25) is 4.79 Å². The number of nitrogens with one attached hydrogen (secondary N) is 1. The maximum Gasteiger partial charge on any atom is 0.355 e. The predicted octanol–water partition coefficient (Wildman–Crippen LogP) is 3.88. The summed E-state index contributed by atoms with van der Waals surface area (Å²) in [6.45, 7) is 8.54. The van der Waals surface area contributed by atoms with E-state index in [2.05, 4.69) is 4.98 Å². The summed E-state index contributed by atoms with van der Waals surface area (Å²) < 4.78 is 5.12. The highest BCUT2D eigenvalue weighted by atomic mass is 16.5. The lowest BCUT2D eigenvalue weighted by atomic mass is 9.93. The molecule has 0 unspecified atom stereocenters. The second-order valence-corrected chi connectivity index (χ2v) is 6.62. The van der Waals surface area contributed by atoms with Crippen LogP contribution >= 0.6 is 0 Å². The van der Waals surface area contributed by atoms with Crippen LogP contribution in [0.5, 0.6) is 0 Å². The van der Waals surface area contributed by atoms with Crippen molar-refractivity contribution in [1.29, 1.82) is 0 Å². The number of carbonyl (C=O) groups excluding carboxylic acids is 2. The fourth-order valence-corrected chi connectivity index (χ4v) is 3.62. The van der Waals surface area contributed by atoms with Gasteiger partial charge in [0.15, 0.2) is 0 Å². The van der Waals surface area contributed by atoms with Crippen LogP contribution in [0.2, 0.25) is 0 Å². The normalized spacial score (nSPS) is 15.3. The Balaban J connectivity index is 2.25. The van der Waals surface area contributed by atoms with E-state index in [0.717, 1.165) is 29.7 Å². The minimum atomic E-state index is -0.324. The molecule has 0 aromatic carbocycles. The molecule has 24 heavy (non-hydrogen) atoms. The van der Waals surface area contributed by atoms with Gasteiger partial charge in [0.05, 0.1) is 6.61 Å². The first-order valence-corrected chi connectivity index (χ1v) is 9.14. The summed E-state index contributed by atoms with van der Waals surface area (Å²) >= 11 is 0. The van der Waals surface area contributed by atoms with Gasteiger partial charge in [0.1, 0.15) is 5.69 Å². The number of amides is 1. The van der Waals surface area contributed by atoms with E-state index in [1.165, 1.54) is 19.3 Å². The number of hydrogen-bond donors (Lipinski definition) is 1. The van der Waals surface area contributed by atoms with E-state index in [1.807, 2.05) is 25.7 Å². The minimum Gasteiger partial charge on any atom is -0.461 e. The lowest BCUT2D eigenvalue weighted by Crippen LogP contribution is -2.40. The Kier molecular flexibility index (Phi) is 6.46. The minimum absolute atomic E-state index is 0.194. The van der Waals surface area contributed by atoms with Crippen LogP contribution in [-0.4, -0.2) is 34.4 Å². The molecule has 0 bridgehead atoms. The average molecular weight is 334 g/mol. The van der Waals surface area contributed by atoms with E-state index >= 15 is 0 Å². The predicted molar refractivity (Wildman–Crippen MR) is 93.9 cm³/mol. The number of esters is 1. The number of H-pyrrole nitrogens is 1. The molecule has 1 aliphatic rings. The molecule has 1 amide bonds. The van der Waals surface area contributed by atoms with Crippen LogP contribution in [0.15, 0.2) is 0 Å². The zero-order chi connectivity index (χ0) is 17.7. The molecule has 1 N–H and O–H groups in total. The summed E-state index contributed by atoms with van der Waals surface area (Å²) in [6, 6.07) is 0.325. The van der Waals surface area contributed by atoms with Crippen molar-refractivity contribution in [3.05, 3.63) is 22.5 Å². The summed E-state index contributed by atoms with van der Waals surface area (Å²) in [5.41, 5.74) is 3.40. The van der Waals surface area contributed by atoms with Gasteiger partial charge in [0.2, 0.25) is 5.91 Å². The Hall–Kier alpha value is -1.78. The number of aryl methyl sites for hydroxylation is 1. The van der Waals surface area contributed by atoms with Crippen molar-refractivity contribution in [2.45, 2.75) is 78.8 Å². The van der Waals surface area contributed by atoms with E-state index in [1.54, 1.807) is 6.92 Å². The quantitative estimate of drug-likeness (QED) is 0.803. The van der Waals surface area contributed by atoms with Crippen LogP contribution in [0.25, 0.3) is 0 Å². The molecule has 1 aromatic heterocycles. The molecule has 0 spiro atoms. The molecule has 134 valence electrons. The number of carbonyl (C=O) groups is 2. The van der Waals surface area contributed by atoms with Gasteiger partial charge in [-0.25, -0.2) is 4.79 Å². The van der Waals surface area contributed by atoms with E-state index in [9.17, 15) is 9.59 Å². The number of rotatable bonds is 6. The van der Waals surface area contributed by atoms with Crippen molar-refractivity contribution in [2.75, 3.05) is 6.61 Å². The van der Waals surface area contributed by atoms with Gasteiger partial charge in [-0.05, 0) is 44.7 Å². The lowest BCUT2D eigenvalue weighted by Gasteiger charge is -2.34. The summed E-state index contributed by atoms with van der Waals surface area (Å²) in [4.78, 5) is 29.8. The Morgan fingerprint density at radius 2 is 1.83 bits per heavy atom. The van der Waals surface area contributed by atoms with Gasteiger partial charge in [-0.2, -0.15) is 0 Å². The first-order chi connectivity index (χ1) is 11.5. The van der Waals surface area contributed by atoms with E-state index in [-0.39, 0.29) is 11.9 Å². The number of aromatic nitrogens is 1. The Labute approximate surface area is 144 Å². The maximum atomic E-state index is 12.5. The van der Waals surface area contributed by atoms with E-state index < -0.39 is 0 Å². The first-order valence-electron chi connectivity index (χ1n) is 9.14. The zero-order valence-corrected chi connectivity index (χ0v) is 15.4. The standard InChI is InChI=1S/C19H30N2O3/c1-5-17(22)21(15-10-8-7-9-11-15)12-16-13(3)18(20-14(16)4)19(23)24-6-2/h15,20H,5-12H2,1-4H3. The molecule has 1 aliphatic carbocycles. The second kappa shape index (κ2) is 8.36. The van der Waals surface area contributed by atoms with Crippen LogP contribution in [0.1, 0.15) is 79.7 Å². The molecule has 1 saturated carbocycles. The van der Waals surface area contributed by atoms with E-state index in [4.69, 9.17) is 4.74 Å². The van der Waals surface area contributed by atoms with Gasteiger partial charge in [0.25, 0.3) is 0 Å². The fourth-order valence-electron chi connectivity index (χ4n) is 3.62. The number of hydrogen-bond acceptors (Lipinski definition) is 3. The lowest BCUT2D eigenvalue weighted by molar-refractivity contribution is -0.134. The third-order valence-corrected chi connectivity index (χ3v) is 5.04. The highest BCUT2D eigenvalue weighted by Gasteiger charge is 2.27. The largest absolute Gasteiger partial charge is 0.461 e. The number of ether oxygens (including phenoxy) is 1. The molecule has 5 heteroatoms. The molecule has 1 aromatic rings. The molecule has 0 saturated heterocycles. The fraction of sp³-hybridized carbons (Fsp3) is 0.684. The molecule has 0 radical (unpaired) electrons. The van der Waals surface area contributed by atoms with Crippen molar-refractivity contribution in [3.8, 4) is 0 Å². The van der Waals surface area contributed by atoms with Crippen LogP contribution in [-0.2, 0) is 16.1 Å². The zero-order valence-electron chi connectivity index (χ0n) is 15.4. The molecule has 0 aliphatic heterocycles. The third kappa shape index (κ3) is 4.00. The van der Waals surface area contributed by atoms with Crippen LogP contribution in [0.3, 0.4) is 0 Å². The van der Waals surface area contributed by atoms with Gasteiger partial charge in [0, 0.05) is 24.7 Å². The Morgan fingerprint density at radius 3 is 2.42 bits per heavy atom. The molecule has 5 nitrogen and oxygen atoms in total. The van der Waals surface area contributed by atoms with Crippen molar-refractivity contribution in [2.24, 2.45) is 0 Å². The smallest absolute Gasteiger partial charge is 0.355 e.